The molecule has 1 aromatic heterocycles. The second-order valence-corrected chi connectivity index (χ2v) is 8.37. The summed E-state index contributed by atoms with van der Waals surface area (Å²) in [5, 5.41) is 11.1. The average Bonchev–Trinajstić information content (AvgIpc) is 3.10. The summed E-state index contributed by atoms with van der Waals surface area (Å²) in [5.74, 6) is 0.765. The number of aromatic nitrogens is 2. The SMILES string of the molecule is CCCNC(=O)CSc1nnc(SCc2ccc(C(=O)OC)cc2)s1. The van der Waals surface area contributed by atoms with Gasteiger partial charge in [0.05, 0.1) is 18.4 Å². The molecule has 2 aromatic rings. The van der Waals surface area contributed by atoms with Crippen LogP contribution in [-0.4, -0.2) is 41.5 Å². The lowest BCUT2D eigenvalue weighted by atomic mass is 10.1. The second kappa shape index (κ2) is 10.4. The average molecular weight is 398 g/mol. The van der Waals surface area contributed by atoms with Crippen LogP contribution >= 0.6 is 34.9 Å². The highest BCUT2D eigenvalue weighted by Gasteiger charge is 2.09. The molecule has 9 heteroatoms. The third-order valence-corrected chi connectivity index (χ3v) is 6.29. The number of carbonyl (C=O) groups excluding carboxylic acids is 2. The minimum absolute atomic E-state index is 0.0157. The maximum absolute atomic E-state index is 11.6. The largest absolute Gasteiger partial charge is 0.465 e. The van der Waals surface area contributed by atoms with Crippen molar-refractivity contribution in [2.45, 2.75) is 27.8 Å². The standard InChI is InChI=1S/C16H19N3O3S3/c1-3-8-17-13(20)10-24-16-19-18-15(25-16)23-9-11-4-6-12(7-5-11)14(21)22-2/h4-7H,3,8-10H2,1-2H3,(H,17,20). The third kappa shape index (κ3) is 6.68. The Kier molecular flexibility index (Phi) is 8.23. The molecule has 0 saturated carbocycles. The zero-order chi connectivity index (χ0) is 18.1. The molecule has 0 aliphatic rings. The van der Waals surface area contributed by atoms with E-state index in [0.29, 0.717) is 17.9 Å². The van der Waals surface area contributed by atoms with Crippen molar-refractivity contribution in [3.8, 4) is 0 Å². The highest BCUT2D eigenvalue weighted by molar-refractivity contribution is 8.03. The van der Waals surface area contributed by atoms with Crippen molar-refractivity contribution in [2.75, 3.05) is 19.4 Å². The lowest BCUT2D eigenvalue weighted by Crippen LogP contribution is -2.25. The summed E-state index contributed by atoms with van der Waals surface area (Å²) >= 11 is 4.45. The number of hydrogen-bond acceptors (Lipinski definition) is 8. The van der Waals surface area contributed by atoms with E-state index in [9.17, 15) is 9.59 Å². The van der Waals surface area contributed by atoms with Crippen LogP contribution in [-0.2, 0) is 15.3 Å². The fraction of sp³-hybridized carbons (Fsp3) is 0.375. The number of nitrogens with one attached hydrogen (secondary N) is 1. The number of hydrogen-bond donors (Lipinski definition) is 1. The van der Waals surface area contributed by atoms with Crippen LogP contribution in [0.25, 0.3) is 0 Å². The van der Waals surface area contributed by atoms with Crippen molar-refractivity contribution in [2.24, 2.45) is 0 Å². The number of nitrogens with zero attached hydrogens (tertiary/aromatic N) is 2. The Bertz CT molecular complexity index is 704. The van der Waals surface area contributed by atoms with E-state index in [1.807, 2.05) is 19.1 Å². The zero-order valence-corrected chi connectivity index (χ0v) is 16.4. The number of rotatable bonds is 9. The van der Waals surface area contributed by atoms with Gasteiger partial charge in [-0.15, -0.1) is 10.2 Å². The van der Waals surface area contributed by atoms with Gasteiger partial charge in [0.1, 0.15) is 0 Å². The molecule has 6 nitrogen and oxygen atoms in total. The van der Waals surface area contributed by atoms with Crippen LogP contribution in [0.1, 0.15) is 29.3 Å². The third-order valence-electron chi connectivity index (χ3n) is 3.02. The Labute approximate surface area is 159 Å². The lowest BCUT2D eigenvalue weighted by Gasteiger charge is -2.01. The number of carbonyl (C=O) groups is 2. The van der Waals surface area contributed by atoms with E-state index >= 15 is 0 Å². The fourth-order valence-corrected chi connectivity index (χ4v) is 4.56. The van der Waals surface area contributed by atoms with Crippen LogP contribution in [0.4, 0.5) is 0 Å². The fourth-order valence-electron chi connectivity index (χ4n) is 1.76. The molecule has 0 bridgehead atoms. The predicted molar refractivity (Wildman–Crippen MR) is 101 cm³/mol. The smallest absolute Gasteiger partial charge is 0.337 e. The van der Waals surface area contributed by atoms with Crippen LogP contribution in [0.3, 0.4) is 0 Å². The number of ether oxygens (including phenoxy) is 1. The number of esters is 1. The van der Waals surface area contributed by atoms with Gasteiger partial charge in [0.15, 0.2) is 8.68 Å². The topological polar surface area (TPSA) is 81.2 Å². The molecule has 0 aliphatic carbocycles. The molecular formula is C16H19N3O3S3. The van der Waals surface area contributed by atoms with Gasteiger partial charge < -0.3 is 10.1 Å². The van der Waals surface area contributed by atoms with Gasteiger partial charge in [0, 0.05) is 12.3 Å². The maximum atomic E-state index is 11.6. The van der Waals surface area contributed by atoms with E-state index in [-0.39, 0.29) is 11.9 Å². The summed E-state index contributed by atoms with van der Waals surface area (Å²) in [7, 11) is 1.37. The molecule has 134 valence electrons. The first kappa shape index (κ1) is 19.7. The molecule has 1 heterocycles. The van der Waals surface area contributed by atoms with E-state index in [1.54, 1.807) is 23.9 Å². The van der Waals surface area contributed by atoms with Gasteiger partial charge in [-0.25, -0.2) is 4.79 Å². The van der Waals surface area contributed by atoms with E-state index in [4.69, 9.17) is 0 Å². The minimum atomic E-state index is -0.340. The molecule has 0 radical (unpaired) electrons. The highest BCUT2D eigenvalue weighted by Crippen LogP contribution is 2.30. The minimum Gasteiger partial charge on any atom is -0.465 e. The summed E-state index contributed by atoms with van der Waals surface area (Å²) < 4.78 is 6.32. The molecule has 1 amide bonds. The zero-order valence-electron chi connectivity index (χ0n) is 14.0. The van der Waals surface area contributed by atoms with Gasteiger partial charge in [-0.3, -0.25) is 4.79 Å². The van der Waals surface area contributed by atoms with Crippen LogP contribution < -0.4 is 5.32 Å². The van der Waals surface area contributed by atoms with Gasteiger partial charge in [-0.2, -0.15) is 0 Å². The monoisotopic (exact) mass is 397 g/mol. The number of benzene rings is 1. The molecule has 0 atom stereocenters. The Morgan fingerprint density at radius 3 is 2.48 bits per heavy atom. The van der Waals surface area contributed by atoms with Gasteiger partial charge in [0.25, 0.3) is 0 Å². The summed E-state index contributed by atoms with van der Waals surface area (Å²) in [5.41, 5.74) is 1.62. The van der Waals surface area contributed by atoms with Crippen molar-refractivity contribution in [3.63, 3.8) is 0 Å². The van der Waals surface area contributed by atoms with E-state index < -0.39 is 0 Å². The summed E-state index contributed by atoms with van der Waals surface area (Å²) in [6.07, 6.45) is 0.927. The normalized spacial score (nSPS) is 10.5. The molecule has 25 heavy (non-hydrogen) atoms. The van der Waals surface area contributed by atoms with Gasteiger partial charge >= 0.3 is 5.97 Å². The van der Waals surface area contributed by atoms with Crippen molar-refractivity contribution >= 4 is 46.7 Å². The molecule has 2 rings (SSSR count). The summed E-state index contributed by atoms with van der Waals surface area (Å²) in [6.45, 7) is 2.72. The number of amides is 1. The molecule has 0 spiro atoms. The Balaban J connectivity index is 1.79. The van der Waals surface area contributed by atoms with E-state index in [1.165, 1.54) is 30.2 Å². The first-order valence-electron chi connectivity index (χ1n) is 7.65. The summed E-state index contributed by atoms with van der Waals surface area (Å²) in [4.78, 5) is 23.0. The van der Waals surface area contributed by atoms with Crippen molar-refractivity contribution in [1.82, 2.24) is 15.5 Å². The van der Waals surface area contributed by atoms with Crippen molar-refractivity contribution in [1.29, 1.82) is 0 Å². The highest BCUT2D eigenvalue weighted by atomic mass is 32.2. The van der Waals surface area contributed by atoms with Gasteiger partial charge in [0.2, 0.25) is 5.91 Å². The van der Waals surface area contributed by atoms with E-state index in [0.717, 1.165) is 26.4 Å². The second-order valence-electron chi connectivity index (χ2n) is 4.95. The van der Waals surface area contributed by atoms with Gasteiger partial charge in [-0.1, -0.05) is 53.9 Å². The molecule has 0 unspecified atom stereocenters. The molecule has 1 N–H and O–H groups in total. The molecule has 0 saturated heterocycles. The first-order valence-corrected chi connectivity index (χ1v) is 10.4. The van der Waals surface area contributed by atoms with Crippen LogP contribution in [0.5, 0.6) is 0 Å². The lowest BCUT2D eigenvalue weighted by molar-refractivity contribution is -0.118. The molecular weight excluding hydrogens is 378 g/mol. The van der Waals surface area contributed by atoms with Crippen molar-refractivity contribution < 1.29 is 14.3 Å². The number of thioether (sulfide) groups is 2. The first-order chi connectivity index (χ1) is 12.1. The van der Waals surface area contributed by atoms with Crippen LogP contribution in [0.15, 0.2) is 32.9 Å². The Morgan fingerprint density at radius 1 is 1.16 bits per heavy atom. The molecule has 1 aromatic carbocycles. The number of methoxy groups -OCH3 is 1. The van der Waals surface area contributed by atoms with Crippen LogP contribution in [0, 0.1) is 0 Å². The predicted octanol–water partition coefficient (Wildman–Crippen LogP) is 3.24. The quantitative estimate of drug-likeness (QED) is 0.514. The van der Waals surface area contributed by atoms with Crippen molar-refractivity contribution in [3.05, 3.63) is 35.4 Å². The van der Waals surface area contributed by atoms with Gasteiger partial charge in [-0.05, 0) is 24.1 Å². The Hall–Kier alpha value is -1.58. The molecule has 0 fully saturated rings. The Morgan fingerprint density at radius 2 is 1.84 bits per heavy atom. The maximum Gasteiger partial charge on any atom is 0.337 e. The van der Waals surface area contributed by atoms with Crippen LogP contribution in [0.2, 0.25) is 0 Å². The molecule has 0 aliphatic heterocycles. The summed E-state index contributed by atoms with van der Waals surface area (Å²) in [6, 6.07) is 7.29. The van der Waals surface area contributed by atoms with E-state index in [2.05, 4.69) is 20.3 Å².